The van der Waals surface area contributed by atoms with Crippen molar-refractivity contribution in [2.24, 2.45) is 0 Å². The van der Waals surface area contributed by atoms with Crippen LogP contribution in [-0.4, -0.2) is 22.8 Å². The lowest BCUT2D eigenvalue weighted by Gasteiger charge is -2.14. The molecule has 0 unspecified atom stereocenters. The zero-order chi connectivity index (χ0) is 21.7. The first kappa shape index (κ1) is 21.7. The van der Waals surface area contributed by atoms with E-state index in [9.17, 15) is 4.79 Å². The van der Waals surface area contributed by atoms with Crippen LogP contribution in [0.5, 0.6) is 11.5 Å². The molecule has 0 bridgehead atoms. The van der Waals surface area contributed by atoms with Crippen LogP contribution in [0.3, 0.4) is 0 Å². The quantitative estimate of drug-likeness (QED) is 0.566. The second-order valence-corrected chi connectivity index (χ2v) is 7.45. The number of rotatable bonds is 8. The second-order valence-electron chi connectivity index (χ2n) is 7.05. The van der Waals surface area contributed by atoms with Gasteiger partial charge in [0.25, 0.3) is 5.91 Å². The molecule has 0 fully saturated rings. The van der Waals surface area contributed by atoms with Crippen molar-refractivity contribution in [1.29, 1.82) is 0 Å². The van der Waals surface area contributed by atoms with E-state index in [1.165, 1.54) is 0 Å². The van der Waals surface area contributed by atoms with E-state index >= 15 is 0 Å². The SMILES string of the molecule is CCn1cc(Cl)c(CNC(=O)c2ccc(OC)c(COc3cc(C)ccc3C)c2)n1. The van der Waals surface area contributed by atoms with Crippen LogP contribution in [0.25, 0.3) is 0 Å². The van der Waals surface area contributed by atoms with Crippen molar-refractivity contribution >= 4 is 17.5 Å². The van der Waals surface area contributed by atoms with Gasteiger partial charge in [-0.3, -0.25) is 9.48 Å². The van der Waals surface area contributed by atoms with Crippen molar-refractivity contribution in [1.82, 2.24) is 15.1 Å². The molecule has 30 heavy (non-hydrogen) atoms. The molecule has 0 saturated heterocycles. The van der Waals surface area contributed by atoms with E-state index in [0.717, 1.165) is 29.0 Å². The topological polar surface area (TPSA) is 65.4 Å². The number of halogens is 1. The maximum atomic E-state index is 12.7. The van der Waals surface area contributed by atoms with Gasteiger partial charge in [-0.15, -0.1) is 0 Å². The Hall–Kier alpha value is -2.99. The normalized spacial score (nSPS) is 10.7. The minimum atomic E-state index is -0.215. The van der Waals surface area contributed by atoms with E-state index in [1.54, 1.807) is 36.2 Å². The first-order valence-electron chi connectivity index (χ1n) is 9.78. The Bertz CT molecular complexity index is 1050. The fourth-order valence-electron chi connectivity index (χ4n) is 3.04. The van der Waals surface area contributed by atoms with E-state index < -0.39 is 0 Å². The standard InChI is InChI=1S/C23H26ClN3O3/c1-5-27-13-19(24)20(26-27)12-25-23(28)17-8-9-21(29-4)18(11-17)14-30-22-10-15(2)6-7-16(22)3/h6-11,13H,5,12,14H2,1-4H3,(H,25,28). The lowest BCUT2D eigenvalue weighted by Crippen LogP contribution is -2.23. The molecule has 3 rings (SSSR count). The molecule has 6 nitrogen and oxygen atoms in total. The number of hydrogen-bond donors (Lipinski definition) is 1. The molecule has 0 atom stereocenters. The average molecular weight is 428 g/mol. The van der Waals surface area contributed by atoms with Crippen molar-refractivity contribution in [3.63, 3.8) is 0 Å². The fourth-order valence-corrected chi connectivity index (χ4v) is 3.25. The van der Waals surface area contributed by atoms with Crippen molar-refractivity contribution in [3.05, 3.63) is 75.6 Å². The van der Waals surface area contributed by atoms with Gasteiger partial charge in [-0.1, -0.05) is 23.7 Å². The number of methoxy groups -OCH3 is 1. The molecule has 0 aliphatic carbocycles. The molecule has 0 radical (unpaired) electrons. The minimum Gasteiger partial charge on any atom is -0.496 e. The number of benzene rings is 2. The summed E-state index contributed by atoms with van der Waals surface area (Å²) in [4.78, 5) is 12.7. The van der Waals surface area contributed by atoms with Gasteiger partial charge < -0.3 is 14.8 Å². The summed E-state index contributed by atoms with van der Waals surface area (Å²) >= 11 is 6.17. The molecular weight excluding hydrogens is 402 g/mol. The molecule has 3 aromatic rings. The van der Waals surface area contributed by atoms with Crippen LogP contribution in [0.4, 0.5) is 0 Å². The number of carbonyl (C=O) groups is 1. The van der Waals surface area contributed by atoms with E-state index in [2.05, 4.69) is 10.4 Å². The third kappa shape index (κ3) is 5.13. The maximum Gasteiger partial charge on any atom is 0.251 e. The van der Waals surface area contributed by atoms with E-state index in [-0.39, 0.29) is 12.5 Å². The van der Waals surface area contributed by atoms with Crippen LogP contribution >= 0.6 is 11.6 Å². The smallest absolute Gasteiger partial charge is 0.251 e. The molecule has 0 aliphatic rings. The number of aryl methyl sites for hydroxylation is 3. The number of ether oxygens (including phenoxy) is 2. The number of carbonyl (C=O) groups excluding carboxylic acids is 1. The Morgan fingerprint density at radius 1 is 1.17 bits per heavy atom. The van der Waals surface area contributed by atoms with Gasteiger partial charge in [0.1, 0.15) is 23.8 Å². The van der Waals surface area contributed by atoms with Crippen LogP contribution in [0.1, 0.15) is 39.7 Å². The zero-order valence-electron chi connectivity index (χ0n) is 17.7. The summed E-state index contributed by atoms with van der Waals surface area (Å²) in [5.74, 6) is 1.27. The lowest BCUT2D eigenvalue weighted by molar-refractivity contribution is 0.0950. The van der Waals surface area contributed by atoms with Gasteiger partial charge in [0.05, 0.1) is 18.7 Å². The Morgan fingerprint density at radius 2 is 1.97 bits per heavy atom. The molecule has 1 amide bonds. The summed E-state index contributed by atoms with van der Waals surface area (Å²) in [6.07, 6.45) is 1.75. The van der Waals surface area contributed by atoms with Gasteiger partial charge in [0.2, 0.25) is 0 Å². The van der Waals surface area contributed by atoms with E-state index in [1.807, 2.05) is 39.0 Å². The lowest BCUT2D eigenvalue weighted by atomic mass is 10.1. The average Bonchev–Trinajstić information content (AvgIpc) is 3.12. The van der Waals surface area contributed by atoms with Crippen molar-refractivity contribution in [3.8, 4) is 11.5 Å². The monoisotopic (exact) mass is 427 g/mol. The highest BCUT2D eigenvalue weighted by molar-refractivity contribution is 6.31. The van der Waals surface area contributed by atoms with Crippen LogP contribution in [0.15, 0.2) is 42.6 Å². The third-order valence-corrected chi connectivity index (χ3v) is 5.11. The number of aromatic nitrogens is 2. The fraction of sp³-hybridized carbons (Fsp3) is 0.304. The van der Waals surface area contributed by atoms with Gasteiger partial charge in [0, 0.05) is 23.9 Å². The van der Waals surface area contributed by atoms with Gasteiger partial charge in [-0.25, -0.2) is 0 Å². The Morgan fingerprint density at radius 3 is 2.67 bits per heavy atom. The predicted molar refractivity (Wildman–Crippen MR) is 117 cm³/mol. The third-order valence-electron chi connectivity index (χ3n) is 4.80. The summed E-state index contributed by atoms with van der Waals surface area (Å²) in [6, 6.07) is 11.3. The summed E-state index contributed by atoms with van der Waals surface area (Å²) in [5, 5.41) is 7.75. The van der Waals surface area contributed by atoms with Crippen molar-refractivity contribution in [2.75, 3.05) is 7.11 Å². The Balaban J connectivity index is 1.71. The van der Waals surface area contributed by atoms with Crippen LogP contribution < -0.4 is 14.8 Å². The zero-order valence-corrected chi connectivity index (χ0v) is 18.4. The molecule has 2 aromatic carbocycles. The van der Waals surface area contributed by atoms with Crippen LogP contribution in [0.2, 0.25) is 5.02 Å². The molecule has 1 heterocycles. The highest BCUT2D eigenvalue weighted by atomic mass is 35.5. The summed E-state index contributed by atoms with van der Waals surface area (Å²) in [5.41, 5.74) is 4.12. The number of amides is 1. The van der Waals surface area contributed by atoms with Gasteiger partial charge >= 0.3 is 0 Å². The number of hydrogen-bond acceptors (Lipinski definition) is 4. The number of nitrogens with zero attached hydrogens (tertiary/aromatic N) is 2. The van der Waals surface area contributed by atoms with E-state index in [0.29, 0.717) is 28.6 Å². The van der Waals surface area contributed by atoms with Crippen molar-refractivity contribution in [2.45, 2.75) is 40.5 Å². The van der Waals surface area contributed by atoms with Crippen LogP contribution in [0, 0.1) is 13.8 Å². The molecule has 1 N–H and O–H groups in total. The van der Waals surface area contributed by atoms with Gasteiger partial charge in [0.15, 0.2) is 0 Å². The maximum absolute atomic E-state index is 12.7. The Labute approximate surface area is 181 Å². The highest BCUT2D eigenvalue weighted by Crippen LogP contribution is 2.25. The molecule has 0 saturated carbocycles. The predicted octanol–water partition coefficient (Wildman–Crippen LogP) is 4.69. The van der Waals surface area contributed by atoms with Gasteiger partial charge in [-0.05, 0) is 56.2 Å². The summed E-state index contributed by atoms with van der Waals surface area (Å²) < 4.78 is 13.2. The molecule has 1 aromatic heterocycles. The summed E-state index contributed by atoms with van der Waals surface area (Å²) in [6.45, 7) is 7.27. The molecule has 0 spiro atoms. The highest BCUT2D eigenvalue weighted by Gasteiger charge is 2.13. The first-order valence-corrected chi connectivity index (χ1v) is 10.2. The second kappa shape index (κ2) is 9.67. The molecule has 7 heteroatoms. The largest absolute Gasteiger partial charge is 0.496 e. The summed E-state index contributed by atoms with van der Waals surface area (Å²) in [7, 11) is 1.60. The Kier molecular flexibility index (Phi) is 7.00. The molecule has 0 aliphatic heterocycles. The molecular formula is C23H26ClN3O3. The minimum absolute atomic E-state index is 0.215. The van der Waals surface area contributed by atoms with E-state index in [4.69, 9.17) is 21.1 Å². The van der Waals surface area contributed by atoms with Crippen LogP contribution in [-0.2, 0) is 19.7 Å². The first-order chi connectivity index (χ1) is 14.4. The van der Waals surface area contributed by atoms with Crippen molar-refractivity contribution < 1.29 is 14.3 Å². The number of nitrogens with one attached hydrogen (secondary N) is 1. The van der Waals surface area contributed by atoms with Gasteiger partial charge in [-0.2, -0.15) is 5.10 Å². The molecule has 158 valence electrons.